The Labute approximate surface area is 132 Å². The number of hydrogen-bond acceptors (Lipinski definition) is 5. The van der Waals surface area contributed by atoms with Crippen LogP contribution in [0.25, 0.3) is 15.8 Å². The molecule has 2 aromatic rings. The Morgan fingerprint density at radius 3 is 3.10 bits per heavy atom. The van der Waals surface area contributed by atoms with Crippen LogP contribution >= 0.6 is 23.1 Å². The molecule has 0 atom stereocenters. The summed E-state index contributed by atoms with van der Waals surface area (Å²) in [6.07, 6.45) is 1.04. The van der Waals surface area contributed by atoms with Gasteiger partial charge in [-0.1, -0.05) is 18.7 Å². The van der Waals surface area contributed by atoms with E-state index < -0.39 is 0 Å². The molecule has 1 aromatic carbocycles. The molecule has 108 valence electrons. The molecule has 0 bridgehead atoms. The highest BCUT2D eigenvalue weighted by molar-refractivity contribution is 8.17. The zero-order valence-electron chi connectivity index (χ0n) is 12.0. The highest BCUT2D eigenvalue weighted by Crippen LogP contribution is 2.45. The van der Waals surface area contributed by atoms with Crippen molar-refractivity contribution in [2.75, 3.05) is 20.2 Å². The van der Waals surface area contributed by atoms with E-state index in [1.165, 1.54) is 26.3 Å². The van der Waals surface area contributed by atoms with Crippen molar-refractivity contribution >= 4 is 44.0 Å². The van der Waals surface area contributed by atoms with Gasteiger partial charge in [-0.15, -0.1) is 11.3 Å². The lowest BCUT2D eigenvalue weighted by molar-refractivity contribution is 0.420. The second-order valence-corrected chi connectivity index (χ2v) is 7.04. The summed E-state index contributed by atoms with van der Waals surface area (Å²) in [5.41, 5.74) is 2.57. The molecule has 0 aliphatic carbocycles. The van der Waals surface area contributed by atoms with E-state index in [4.69, 9.17) is 4.74 Å². The summed E-state index contributed by atoms with van der Waals surface area (Å²) in [6, 6.07) is 6.62. The second-order valence-electron chi connectivity index (χ2n) is 5.06. The average molecular weight is 316 g/mol. The van der Waals surface area contributed by atoms with Gasteiger partial charge in [-0.25, -0.2) is 0 Å². The van der Waals surface area contributed by atoms with Crippen molar-refractivity contribution < 1.29 is 4.74 Å². The number of benzene rings is 1. The molecule has 1 aromatic heterocycles. The van der Waals surface area contributed by atoms with Gasteiger partial charge >= 0.3 is 0 Å². The number of nitrogens with zero attached hydrogens (tertiary/aromatic N) is 2. The minimum Gasteiger partial charge on any atom is -0.495 e. The zero-order chi connectivity index (χ0) is 14.4. The van der Waals surface area contributed by atoms with Gasteiger partial charge in [-0.2, -0.15) is 0 Å². The molecule has 0 radical (unpaired) electrons. The number of hydrogen-bond donors (Lipinski definition) is 0. The van der Waals surface area contributed by atoms with Gasteiger partial charge in [0.2, 0.25) is 0 Å². The molecule has 0 fully saturated rings. The third-order valence-corrected chi connectivity index (χ3v) is 6.09. The molecule has 2 aliphatic rings. The molecule has 0 saturated carbocycles. The minimum absolute atomic E-state index is 0.903. The zero-order valence-corrected chi connectivity index (χ0v) is 13.7. The Morgan fingerprint density at radius 2 is 2.29 bits per heavy atom. The molecule has 0 saturated heterocycles. The molecule has 0 N–H and O–H groups in total. The van der Waals surface area contributed by atoms with Crippen molar-refractivity contribution in [3.63, 3.8) is 0 Å². The van der Waals surface area contributed by atoms with Gasteiger partial charge in [0.25, 0.3) is 0 Å². The maximum Gasteiger partial charge on any atom is 0.168 e. The van der Waals surface area contributed by atoms with E-state index in [-0.39, 0.29) is 0 Å². The van der Waals surface area contributed by atoms with Crippen molar-refractivity contribution in [1.82, 2.24) is 4.90 Å². The maximum atomic E-state index is 5.60. The molecule has 0 spiro atoms. The van der Waals surface area contributed by atoms with Crippen molar-refractivity contribution in [3.8, 4) is 5.75 Å². The number of ether oxygens (including phenoxy) is 1. The molecule has 4 rings (SSSR count). The molecule has 5 heteroatoms. The van der Waals surface area contributed by atoms with Gasteiger partial charge in [0.05, 0.1) is 24.1 Å². The predicted molar refractivity (Wildman–Crippen MR) is 92.2 cm³/mol. The number of thioether (sulfide) groups is 1. The largest absolute Gasteiger partial charge is 0.495 e. The maximum absolute atomic E-state index is 5.60. The standard InChI is InChI=1S/C16H16N2OS2/c1-3-13-14(18-6-5-17-16(18)21-13)11-8-10-4-7-20-15(10)12(9-11)19-2/h4,7-9H,3,5-6H2,1-2H3. The summed E-state index contributed by atoms with van der Waals surface area (Å²) in [7, 11) is 1.75. The Hall–Kier alpha value is -1.46. The average Bonchev–Trinajstić information content (AvgIpc) is 3.19. The van der Waals surface area contributed by atoms with Crippen LogP contribution in [0.1, 0.15) is 18.9 Å². The molecule has 0 amide bonds. The number of aliphatic imine (C=N–C) groups is 1. The van der Waals surface area contributed by atoms with Gasteiger partial charge in [0, 0.05) is 17.0 Å². The first kappa shape index (κ1) is 13.2. The number of methoxy groups -OCH3 is 1. The fraction of sp³-hybridized carbons (Fsp3) is 0.312. The third-order valence-electron chi connectivity index (χ3n) is 3.88. The number of allylic oxidation sites excluding steroid dienone is 1. The van der Waals surface area contributed by atoms with Gasteiger partial charge in [-0.05, 0) is 35.4 Å². The molecule has 3 nitrogen and oxygen atoms in total. The van der Waals surface area contributed by atoms with Crippen LogP contribution in [0.2, 0.25) is 0 Å². The lowest BCUT2D eigenvalue weighted by atomic mass is 10.1. The van der Waals surface area contributed by atoms with E-state index >= 15 is 0 Å². The van der Waals surface area contributed by atoms with Crippen LogP contribution in [0.3, 0.4) is 0 Å². The van der Waals surface area contributed by atoms with Gasteiger partial charge in [0.15, 0.2) is 5.17 Å². The van der Waals surface area contributed by atoms with E-state index in [0.717, 1.165) is 30.4 Å². The molecule has 2 aliphatic heterocycles. The molecular weight excluding hydrogens is 300 g/mol. The summed E-state index contributed by atoms with van der Waals surface area (Å²) in [5, 5.41) is 4.54. The highest BCUT2D eigenvalue weighted by Gasteiger charge is 2.32. The van der Waals surface area contributed by atoms with Crippen LogP contribution in [0.4, 0.5) is 0 Å². The van der Waals surface area contributed by atoms with E-state index in [0.29, 0.717) is 0 Å². The van der Waals surface area contributed by atoms with Crippen LogP contribution in [0.15, 0.2) is 33.5 Å². The number of thiophene rings is 1. The minimum atomic E-state index is 0.903. The second kappa shape index (κ2) is 5.07. The van der Waals surface area contributed by atoms with Gasteiger partial charge < -0.3 is 9.64 Å². The monoisotopic (exact) mass is 316 g/mol. The van der Waals surface area contributed by atoms with Crippen molar-refractivity contribution in [2.24, 2.45) is 4.99 Å². The van der Waals surface area contributed by atoms with Crippen LogP contribution in [0, 0.1) is 0 Å². The van der Waals surface area contributed by atoms with E-state index in [1.807, 2.05) is 11.8 Å². The van der Waals surface area contributed by atoms with E-state index in [9.17, 15) is 0 Å². The Kier molecular flexibility index (Phi) is 3.19. The lowest BCUT2D eigenvalue weighted by Gasteiger charge is -2.18. The normalized spacial score (nSPS) is 17.6. The van der Waals surface area contributed by atoms with Crippen molar-refractivity contribution in [3.05, 3.63) is 34.0 Å². The lowest BCUT2D eigenvalue weighted by Crippen LogP contribution is -2.20. The molecular formula is C16H16N2OS2. The quantitative estimate of drug-likeness (QED) is 0.838. The Bertz CT molecular complexity index is 776. The highest BCUT2D eigenvalue weighted by atomic mass is 32.2. The summed E-state index contributed by atoms with van der Waals surface area (Å²) >= 11 is 3.55. The van der Waals surface area contributed by atoms with Crippen LogP contribution < -0.4 is 4.74 Å². The first-order valence-electron chi connectivity index (χ1n) is 7.10. The SMILES string of the molecule is CCC1=C(c2cc(OC)c3sccc3c2)N2CCN=C2S1. The number of fused-ring (bicyclic) bond motifs is 2. The fourth-order valence-corrected chi connectivity index (χ4v) is 4.93. The van der Waals surface area contributed by atoms with Crippen LogP contribution in [-0.2, 0) is 0 Å². The van der Waals surface area contributed by atoms with Gasteiger partial charge in [-0.3, -0.25) is 4.99 Å². The molecule has 0 unspecified atom stereocenters. The van der Waals surface area contributed by atoms with Gasteiger partial charge in [0.1, 0.15) is 5.75 Å². The topological polar surface area (TPSA) is 24.8 Å². The fourth-order valence-electron chi connectivity index (χ4n) is 2.92. The van der Waals surface area contributed by atoms with Crippen LogP contribution in [-0.4, -0.2) is 30.3 Å². The molecule has 3 heterocycles. The summed E-state index contributed by atoms with van der Waals surface area (Å²) in [5.74, 6) is 0.968. The Morgan fingerprint density at radius 1 is 1.38 bits per heavy atom. The van der Waals surface area contributed by atoms with Crippen LogP contribution in [0.5, 0.6) is 5.75 Å². The molecule has 21 heavy (non-hydrogen) atoms. The van der Waals surface area contributed by atoms with Crippen molar-refractivity contribution in [2.45, 2.75) is 13.3 Å². The summed E-state index contributed by atoms with van der Waals surface area (Å²) < 4.78 is 6.82. The van der Waals surface area contributed by atoms with E-state index in [2.05, 4.69) is 40.4 Å². The number of rotatable bonds is 3. The first-order chi connectivity index (χ1) is 10.3. The van der Waals surface area contributed by atoms with Crippen molar-refractivity contribution in [1.29, 1.82) is 0 Å². The number of amidine groups is 1. The predicted octanol–water partition coefficient (Wildman–Crippen LogP) is 4.41. The summed E-state index contributed by atoms with van der Waals surface area (Å²) in [6.45, 7) is 4.11. The van der Waals surface area contributed by atoms with E-state index in [1.54, 1.807) is 18.4 Å². The first-order valence-corrected chi connectivity index (χ1v) is 8.80. The third kappa shape index (κ3) is 1.99. The smallest absolute Gasteiger partial charge is 0.168 e. The Balaban J connectivity index is 1.90. The summed E-state index contributed by atoms with van der Waals surface area (Å²) in [4.78, 5) is 8.37.